The van der Waals surface area contributed by atoms with E-state index in [0.29, 0.717) is 6.61 Å². The molecule has 0 bridgehead atoms. The van der Waals surface area contributed by atoms with E-state index in [4.69, 9.17) is 4.74 Å². The van der Waals surface area contributed by atoms with Crippen molar-refractivity contribution < 1.29 is 9.53 Å². The summed E-state index contributed by atoms with van der Waals surface area (Å²) in [6.07, 6.45) is 1.15. The third-order valence-electron chi connectivity index (χ3n) is 1.70. The monoisotopic (exact) mass is 233 g/mol. The van der Waals surface area contributed by atoms with E-state index in [2.05, 4.69) is 18.7 Å². The molecule has 0 aromatic rings. The van der Waals surface area contributed by atoms with Crippen molar-refractivity contribution in [1.82, 2.24) is 4.90 Å². The molecular weight excluding hydrogens is 202 g/mol. The van der Waals surface area contributed by atoms with E-state index < -0.39 is 0 Å². The van der Waals surface area contributed by atoms with Gasteiger partial charge in [-0.25, -0.2) is 0 Å². The fourth-order valence-electron chi connectivity index (χ4n) is 1.06. The molecule has 0 atom stereocenters. The van der Waals surface area contributed by atoms with Gasteiger partial charge in [0.1, 0.15) is 6.61 Å². The Kier molecular flexibility index (Phi) is 25.9. The van der Waals surface area contributed by atoms with Gasteiger partial charge >= 0.3 is 5.97 Å². The zero-order chi connectivity index (χ0) is 13.4. The molecule has 0 heterocycles. The van der Waals surface area contributed by atoms with Crippen molar-refractivity contribution in [2.75, 3.05) is 26.2 Å². The first-order chi connectivity index (χ1) is 7.70. The van der Waals surface area contributed by atoms with E-state index in [1.807, 2.05) is 27.7 Å². The Labute approximate surface area is 102 Å². The van der Waals surface area contributed by atoms with Crippen LogP contribution in [0.4, 0.5) is 0 Å². The summed E-state index contributed by atoms with van der Waals surface area (Å²) >= 11 is 0. The Hall–Kier alpha value is -0.570. The first kappa shape index (κ1) is 20.8. The van der Waals surface area contributed by atoms with Gasteiger partial charge in [-0.15, -0.1) is 0 Å². The highest BCUT2D eigenvalue weighted by Crippen LogP contribution is 1.90. The summed E-state index contributed by atoms with van der Waals surface area (Å²) in [5.74, 6) is -0.192. The number of rotatable bonds is 6. The molecule has 0 N–H and O–H groups in total. The van der Waals surface area contributed by atoms with Crippen LogP contribution in [0.1, 0.15) is 54.9 Å². The van der Waals surface area contributed by atoms with E-state index in [0.717, 1.165) is 26.1 Å². The zero-order valence-electron chi connectivity index (χ0n) is 12.3. The summed E-state index contributed by atoms with van der Waals surface area (Å²) in [4.78, 5) is 12.7. The molecule has 0 aliphatic rings. The lowest BCUT2D eigenvalue weighted by Crippen LogP contribution is -2.28. The van der Waals surface area contributed by atoms with Gasteiger partial charge in [-0.05, 0) is 19.5 Å². The van der Waals surface area contributed by atoms with Crippen LogP contribution in [0, 0.1) is 0 Å². The van der Waals surface area contributed by atoms with Gasteiger partial charge in [0.05, 0.1) is 0 Å². The predicted octanol–water partition coefficient (Wildman–Crippen LogP) is 3.33. The molecule has 0 aromatic heterocycles. The number of nitrogens with zero attached hydrogens (tertiary/aromatic N) is 1. The number of carbonyl (C=O) groups is 1. The molecule has 0 rings (SSSR count). The van der Waals surface area contributed by atoms with E-state index in [-0.39, 0.29) is 5.97 Å². The molecule has 0 aromatic carbocycles. The lowest BCUT2D eigenvalue weighted by molar-refractivity contribution is -0.141. The third kappa shape index (κ3) is 19.1. The standard InChI is InChI=1S/C9H19NO2.2C2H6/c1-4-6-10(5-2)7-8-12-9(3)11;2*1-2/h4-8H2,1-3H3;2*1-2H3. The molecule has 100 valence electrons. The molecule has 3 nitrogen and oxygen atoms in total. The molecule has 16 heavy (non-hydrogen) atoms. The van der Waals surface area contributed by atoms with Crippen molar-refractivity contribution in [2.24, 2.45) is 0 Å². The molecule has 0 fully saturated rings. The van der Waals surface area contributed by atoms with Gasteiger partial charge in [0, 0.05) is 13.5 Å². The van der Waals surface area contributed by atoms with Crippen molar-refractivity contribution in [3.63, 3.8) is 0 Å². The summed E-state index contributed by atoms with van der Waals surface area (Å²) in [6, 6.07) is 0. The highest BCUT2D eigenvalue weighted by atomic mass is 16.5. The normalized spacial score (nSPS) is 8.50. The molecule has 0 aliphatic carbocycles. The highest BCUT2D eigenvalue weighted by molar-refractivity contribution is 5.65. The smallest absolute Gasteiger partial charge is 0.302 e. The molecule has 0 radical (unpaired) electrons. The van der Waals surface area contributed by atoms with Gasteiger partial charge in [0.15, 0.2) is 0 Å². The quantitative estimate of drug-likeness (QED) is 0.659. The average Bonchev–Trinajstić information content (AvgIpc) is 2.33. The van der Waals surface area contributed by atoms with Crippen molar-refractivity contribution in [1.29, 1.82) is 0 Å². The van der Waals surface area contributed by atoms with Crippen LogP contribution >= 0.6 is 0 Å². The maximum atomic E-state index is 10.4. The second kappa shape index (κ2) is 19.9. The van der Waals surface area contributed by atoms with Crippen LogP contribution in [0.15, 0.2) is 0 Å². The van der Waals surface area contributed by atoms with Crippen molar-refractivity contribution in [3.8, 4) is 0 Å². The summed E-state index contributed by atoms with van der Waals surface area (Å²) in [5.41, 5.74) is 0. The van der Waals surface area contributed by atoms with Gasteiger partial charge in [-0.2, -0.15) is 0 Å². The SMILES string of the molecule is CC.CC.CCCN(CC)CCOC(C)=O. The Balaban J connectivity index is -0.000000376. The molecule has 0 saturated heterocycles. The Bertz CT molecular complexity index is 127. The maximum absolute atomic E-state index is 10.4. The Morgan fingerprint density at radius 2 is 1.56 bits per heavy atom. The summed E-state index contributed by atoms with van der Waals surface area (Å²) < 4.78 is 4.84. The predicted molar refractivity (Wildman–Crippen MR) is 71.7 cm³/mol. The average molecular weight is 233 g/mol. The van der Waals surface area contributed by atoms with Crippen molar-refractivity contribution >= 4 is 5.97 Å². The highest BCUT2D eigenvalue weighted by Gasteiger charge is 2.00. The van der Waals surface area contributed by atoms with Gasteiger partial charge < -0.3 is 9.64 Å². The lowest BCUT2D eigenvalue weighted by atomic mass is 10.4. The molecule has 0 unspecified atom stereocenters. The van der Waals surface area contributed by atoms with Crippen LogP contribution in [0.2, 0.25) is 0 Å². The molecule has 3 heteroatoms. The lowest BCUT2D eigenvalue weighted by Gasteiger charge is -2.18. The van der Waals surface area contributed by atoms with Crippen LogP contribution in [-0.2, 0) is 9.53 Å². The number of ether oxygens (including phenoxy) is 1. The van der Waals surface area contributed by atoms with Gasteiger partial charge in [0.2, 0.25) is 0 Å². The fraction of sp³-hybridized carbons (Fsp3) is 0.923. The fourth-order valence-corrected chi connectivity index (χ4v) is 1.06. The van der Waals surface area contributed by atoms with E-state index in [1.165, 1.54) is 6.92 Å². The largest absolute Gasteiger partial charge is 0.465 e. The van der Waals surface area contributed by atoms with Gasteiger partial charge in [-0.1, -0.05) is 41.5 Å². The minimum Gasteiger partial charge on any atom is -0.465 e. The van der Waals surface area contributed by atoms with Crippen LogP contribution < -0.4 is 0 Å². The Morgan fingerprint density at radius 1 is 1.06 bits per heavy atom. The summed E-state index contributed by atoms with van der Waals surface area (Å²) in [6.45, 7) is 17.2. The third-order valence-corrected chi connectivity index (χ3v) is 1.70. The summed E-state index contributed by atoms with van der Waals surface area (Å²) in [7, 11) is 0. The second-order valence-electron chi connectivity index (χ2n) is 2.77. The first-order valence-electron chi connectivity index (χ1n) is 6.56. The van der Waals surface area contributed by atoms with Crippen molar-refractivity contribution in [3.05, 3.63) is 0 Å². The minimum absolute atomic E-state index is 0.192. The van der Waals surface area contributed by atoms with Gasteiger partial charge in [0.25, 0.3) is 0 Å². The number of hydrogen-bond acceptors (Lipinski definition) is 3. The molecule has 0 saturated carbocycles. The molecule has 0 spiro atoms. The summed E-state index contributed by atoms with van der Waals surface area (Å²) in [5, 5.41) is 0. The minimum atomic E-state index is -0.192. The number of likely N-dealkylation sites (N-methyl/N-ethyl adjacent to an activating group) is 1. The zero-order valence-corrected chi connectivity index (χ0v) is 12.3. The number of hydrogen-bond donors (Lipinski definition) is 0. The Morgan fingerprint density at radius 3 is 1.88 bits per heavy atom. The van der Waals surface area contributed by atoms with E-state index in [1.54, 1.807) is 0 Å². The molecule has 0 amide bonds. The van der Waals surface area contributed by atoms with Crippen molar-refractivity contribution in [2.45, 2.75) is 54.9 Å². The van der Waals surface area contributed by atoms with E-state index in [9.17, 15) is 4.79 Å². The number of carbonyl (C=O) groups excluding carboxylic acids is 1. The van der Waals surface area contributed by atoms with Crippen LogP contribution in [0.25, 0.3) is 0 Å². The van der Waals surface area contributed by atoms with Gasteiger partial charge in [-0.3, -0.25) is 4.79 Å². The van der Waals surface area contributed by atoms with E-state index >= 15 is 0 Å². The number of esters is 1. The second-order valence-corrected chi connectivity index (χ2v) is 2.77. The molecule has 0 aliphatic heterocycles. The van der Waals surface area contributed by atoms with Crippen LogP contribution in [0.3, 0.4) is 0 Å². The maximum Gasteiger partial charge on any atom is 0.302 e. The van der Waals surface area contributed by atoms with Crippen LogP contribution in [0.5, 0.6) is 0 Å². The first-order valence-corrected chi connectivity index (χ1v) is 6.56. The molecular formula is C13H31NO2. The van der Waals surface area contributed by atoms with Crippen LogP contribution in [-0.4, -0.2) is 37.1 Å². The topological polar surface area (TPSA) is 29.5 Å².